The summed E-state index contributed by atoms with van der Waals surface area (Å²) in [4.78, 5) is 22.0. The quantitative estimate of drug-likeness (QED) is 0.474. The van der Waals surface area contributed by atoms with Gasteiger partial charge in [-0.1, -0.05) is 61.7 Å². The summed E-state index contributed by atoms with van der Waals surface area (Å²) in [5.41, 5.74) is 4.88. The molecule has 178 valence electrons. The van der Waals surface area contributed by atoms with Gasteiger partial charge in [-0.15, -0.1) is 0 Å². The van der Waals surface area contributed by atoms with E-state index in [1.54, 1.807) is 0 Å². The Morgan fingerprint density at radius 1 is 0.941 bits per heavy atom. The zero-order chi connectivity index (χ0) is 23.3. The molecule has 1 saturated carbocycles. The largest absolute Gasteiger partial charge is 0.364 e. The molecule has 2 atom stereocenters. The van der Waals surface area contributed by atoms with E-state index >= 15 is 0 Å². The number of amides is 1. The van der Waals surface area contributed by atoms with Gasteiger partial charge in [0.2, 0.25) is 0 Å². The van der Waals surface area contributed by atoms with Gasteiger partial charge < -0.3 is 9.88 Å². The summed E-state index contributed by atoms with van der Waals surface area (Å²) in [5, 5.41) is 0. The fourth-order valence-corrected chi connectivity index (χ4v) is 6.13. The van der Waals surface area contributed by atoms with Crippen molar-refractivity contribution in [3.8, 4) is 0 Å². The molecule has 1 aliphatic heterocycles. The number of nitrogens with one attached hydrogen (secondary N) is 1. The van der Waals surface area contributed by atoms with Gasteiger partial charge in [0.05, 0.1) is 0 Å². The fraction of sp³-hybridized carbons (Fsp3) is 0.433. The number of hydrogen-bond acceptors (Lipinski definition) is 2. The van der Waals surface area contributed by atoms with Gasteiger partial charge in [-0.25, -0.2) is 0 Å². The molecule has 0 bridgehead atoms. The second-order valence-electron chi connectivity index (χ2n) is 10.2. The molecule has 2 fully saturated rings. The topological polar surface area (TPSA) is 39.3 Å². The van der Waals surface area contributed by atoms with Crippen LogP contribution in [0.3, 0.4) is 0 Å². The molecule has 3 aromatic rings. The molecule has 0 spiro atoms. The summed E-state index contributed by atoms with van der Waals surface area (Å²) >= 11 is 0. The SMILES string of the molecule is Cc1ccccc1[C@H]1CN(Cc2ccc[nH]2)C[C@@H]1CN(C(=O)c1ccccc1)C1CCCCC1. The van der Waals surface area contributed by atoms with Crippen LogP contribution in [0.5, 0.6) is 0 Å². The highest BCUT2D eigenvalue weighted by Gasteiger charge is 2.38. The lowest BCUT2D eigenvalue weighted by molar-refractivity contribution is 0.0588. The average Bonchev–Trinajstić information content (AvgIpc) is 3.53. The van der Waals surface area contributed by atoms with Gasteiger partial charge in [-0.3, -0.25) is 9.69 Å². The summed E-state index contributed by atoms with van der Waals surface area (Å²) in [6.45, 7) is 6.05. The number of aromatic nitrogens is 1. The van der Waals surface area contributed by atoms with Crippen molar-refractivity contribution in [1.29, 1.82) is 0 Å². The van der Waals surface area contributed by atoms with Gasteiger partial charge in [0.15, 0.2) is 0 Å². The fourth-order valence-electron chi connectivity index (χ4n) is 6.13. The van der Waals surface area contributed by atoms with Gasteiger partial charge in [0, 0.05) is 55.6 Å². The number of nitrogens with zero attached hydrogens (tertiary/aromatic N) is 2. The lowest BCUT2D eigenvalue weighted by Gasteiger charge is -2.37. The first kappa shape index (κ1) is 22.9. The third-order valence-electron chi connectivity index (χ3n) is 7.89. The zero-order valence-corrected chi connectivity index (χ0v) is 20.3. The van der Waals surface area contributed by atoms with Crippen molar-refractivity contribution in [2.24, 2.45) is 5.92 Å². The lowest BCUT2D eigenvalue weighted by Crippen LogP contribution is -2.45. The van der Waals surface area contributed by atoms with Crippen LogP contribution in [0.4, 0.5) is 0 Å². The Kier molecular flexibility index (Phi) is 7.15. The van der Waals surface area contributed by atoms with Crippen LogP contribution in [0.1, 0.15) is 65.2 Å². The van der Waals surface area contributed by atoms with Crippen LogP contribution >= 0.6 is 0 Å². The summed E-state index contributed by atoms with van der Waals surface area (Å²) < 4.78 is 0. The molecule has 2 aromatic carbocycles. The Bertz CT molecular complexity index is 1060. The molecule has 1 N–H and O–H groups in total. The molecule has 1 aliphatic carbocycles. The van der Waals surface area contributed by atoms with Gasteiger partial charge in [-0.05, 0) is 61.1 Å². The Hall–Kier alpha value is -2.85. The maximum atomic E-state index is 13.8. The van der Waals surface area contributed by atoms with Crippen LogP contribution in [-0.2, 0) is 6.54 Å². The number of aromatic amines is 1. The van der Waals surface area contributed by atoms with Crippen molar-refractivity contribution in [1.82, 2.24) is 14.8 Å². The molecule has 5 rings (SSSR count). The highest BCUT2D eigenvalue weighted by molar-refractivity contribution is 5.94. The molecular formula is C30H37N3O. The van der Waals surface area contributed by atoms with E-state index in [4.69, 9.17) is 0 Å². The molecule has 4 nitrogen and oxygen atoms in total. The van der Waals surface area contributed by atoms with Gasteiger partial charge in [0.1, 0.15) is 0 Å². The Morgan fingerprint density at radius 3 is 2.44 bits per heavy atom. The molecule has 2 heterocycles. The van der Waals surface area contributed by atoms with Crippen LogP contribution in [0, 0.1) is 12.8 Å². The summed E-state index contributed by atoms with van der Waals surface area (Å²) in [5.74, 6) is 1.07. The van der Waals surface area contributed by atoms with E-state index in [0.717, 1.165) is 44.6 Å². The number of aryl methyl sites for hydroxylation is 1. The summed E-state index contributed by atoms with van der Waals surface area (Å²) in [6, 6.07) is 23.3. The first-order chi connectivity index (χ1) is 16.7. The minimum Gasteiger partial charge on any atom is -0.364 e. The number of carbonyl (C=O) groups excluding carboxylic acids is 1. The van der Waals surface area contributed by atoms with Crippen LogP contribution in [0.2, 0.25) is 0 Å². The van der Waals surface area contributed by atoms with Crippen molar-refractivity contribution in [2.75, 3.05) is 19.6 Å². The lowest BCUT2D eigenvalue weighted by atomic mass is 9.85. The highest BCUT2D eigenvalue weighted by Crippen LogP contribution is 2.37. The molecular weight excluding hydrogens is 418 g/mol. The van der Waals surface area contributed by atoms with Gasteiger partial charge >= 0.3 is 0 Å². The number of benzene rings is 2. The van der Waals surface area contributed by atoms with E-state index in [2.05, 4.69) is 58.1 Å². The molecule has 1 amide bonds. The van der Waals surface area contributed by atoms with Crippen molar-refractivity contribution in [2.45, 2.75) is 57.5 Å². The predicted octanol–water partition coefficient (Wildman–Crippen LogP) is 6.01. The van der Waals surface area contributed by atoms with Crippen molar-refractivity contribution < 1.29 is 4.79 Å². The average molecular weight is 456 g/mol. The third-order valence-corrected chi connectivity index (χ3v) is 7.89. The Labute approximate surface area is 204 Å². The maximum Gasteiger partial charge on any atom is 0.254 e. The number of H-pyrrole nitrogens is 1. The number of rotatable bonds is 7. The first-order valence-electron chi connectivity index (χ1n) is 12.9. The second kappa shape index (κ2) is 10.6. The van der Waals surface area contributed by atoms with E-state index < -0.39 is 0 Å². The smallest absolute Gasteiger partial charge is 0.254 e. The third kappa shape index (κ3) is 5.12. The van der Waals surface area contributed by atoms with Crippen LogP contribution in [0.25, 0.3) is 0 Å². The van der Waals surface area contributed by atoms with Crippen molar-refractivity contribution in [3.05, 3.63) is 95.3 Å². The Morgan fingerprint density at radius 2 is 1.71 bits per heavy atom. The standard InChI is InChI=1S/C30H37N3O/c1-23-11-8-9-17-28(23)29-22-32(21-26-14-10-18-31-26)19-25(29)20-33(27-15-6-3-7-16-27)30(34)24-12-4-2-5-13-24/h2,4-5,8-14,17-18,25,27,29,31H,3,6-7,15-16,19-22H2,1H3/t25-,29+/m1/s1. The monoisotopic (exact) mass is 455 g/mol. The van der Waals surface area contributed by atoms with E-state index in [-0.39, 0.29) is 5.91 Å². The molecule has 1 aromatic heterocycles. The van der Waals surface area contributed by atoms with Crippen LogP contribution in [0.15, 0.2) is 72.9 Å². The highest BCUT2D eigenvalue weighted by atomic mass is 16.2. The molecule has 1 saturated heterocycles. The number of hydrogen-bond donors (Lipinski definition) is 1. The summed E-state index contributed by atoms with van der Waals surface area (Å²) in [7, 11) is 0. The molecule has 0 radical (unpaired) electrons. The molecule has 2 aliphatic rings. The first-order valence-corrected chi connectivity index (χ1v) is 12.9. The Balaban J connectivity index is 1.42. The maximum absolute atomic E-state index is 13.8. The van der Waals surface area contributed by atoms with E-state index in [0.29, 0.717) is 17.9 Å². The predicted molar refractivity (Wildman–Crippen MR) is 138 cm³/mol. The van der Waals surface area contributed by atoms with Crippen LogP contribution in [-0.4, -0.2) is 46.4 Å². The minimum absolute atomic E-state index is 0.207. The zero-order valence-electron chi connectivity index (χ0n) is 20.3. The van der Waals surface area contributed by atoms with Gasteiger partial charge in [0.25, 0.3) is 5.91 Å². The minimum atomic E-state index is 0.207. The molecule has 4 heteroatoms. The van der Waals surface area contributed by atoms with Crippen molar-refractivity contribution >= 4 is 5.91 Å². The number of likely N-dealkylation sites (tertiary alicyclic amines) is 1. The molecule has 0 unspecified atom stereocenters. The normalized spacial score (nSPS) is 21.6. The van der Waals surface area contributed by atoms with E-state index in [9.17, 15) is 4.79 Å². The van der Waals surface area contributed by atoms with Crippen molar-refractivity contribution in [3.63, 3.8) is 0 Å². The van der Waals surface area contributed by atoms with E-state index in [1.165, 1.54) is 36.1 Å². The number of carbonyl (C=O) groups is 1. The summed E-state index contributed by atoms with van der Waals surface area (Å²) in [6.07, 6.45) is 8.02. The van der Waals surface area contributed by atoms with E-state index in [1.807, 2.05) is 36.5 Å². The molecule has 34 heavy (non-hydrogen) atoms. The van der Waals surface area contributed by atoms with Gasteiger partial charge in [-0.2, -0.15) is 0 Å². The van der Waals surface area contributed by atoms with Crippen LogP contribution < -0.4 is 0 Å². The second-order valence-corrected chi connectivity index (χ2v) is 10.2.